The van der Waals surface area contributed by atoms with Gasteiger partial charge in [0.25, 0.3) is 0 Å². The molecule has 2 aliphatic heterocycles. The Kier molecular flexibility index (Phi) is 5.46. The molecule has 2 heterocycles. The van der Waals surface area contributed by atoms with Crippen LogP contribution in [0.5, 0.6) is 0 Å². The molecule has 1 aliphatic carbocycles. The molecule has 5 rings (SSSR count). The van der Waals surface area contributed by atoms with E-state index in [-0.39, 0.29) is 42.6 Å². The van der Waals surface area contributed by atoms with Crippen LogP contribution in [0.4, 0.5) is 0 Å². The summed E-state index contributed by atoms with van der Waals surface area (Å²) in [5.74, 6) is 0. The van der Waals surface area contributed by atoms with Gasteiger partial charge in [0.15, 0.2) is 0 Å². The first-order valence-electron chi connectivity index (χ1n) is 12.7. The predicted octanol–water partition coefficient (Wildman–Crippen LogP) is 4.98. The summed E-state index contributed by atoms with van der Waals surface area (Å²) >= 11 is 0. The third kappa shape index (κ3) is 3.61. The zero-order valence-electron chi connectivity index (χ0n) is 22.2. The number of hydrogen-bond acceptors (Lipinski definition) is 4. The van der Waals surface area contributed by atoms with Gasteiger partial charge in [-0.2, -0.15) is 0 Å². The summed E-state index contributed by atoms with van der Waals surface area (Å²) < 4.78 is 25.4. The Morgan fingerprint density at radius 2 is 1.21 bits per heavy atom. The molecule has 0 spiro atoms. The number of benzene rings is 2. The van der Waals surface area contributed by atoms with E-state index in [2.05, 4.69) is 98.7 Å². The van der Waals surface area contributed by atoms with Gasteiger partial charge < -0.3 is 18.6 Å². The van der Waals surface area contributed by atoms with Crippen molar-refractivity contribution in [2.24, 2.45) is 0 Å². The summed E-state index contributed by atoms with van der Waals surface area (Å²) in [4.78, 5) is 0. The average molecular weight is 460 g/mol. The second-order valence-corrected chi connectivity index (χ2v) is 12.3. The molecule has 2 saturated heterocycles. The first-order valence-corrected chi connectivity index (χ1v) is 12.7. The zero-order chi connectivity index (χ0) is 24.7. The van der Waals surface area contributed by atoms with Crippen molar-refractivity contribution in [3.8, 4) is 11.1 Å². The minimum absolute atomic E-state index is 0.114. The lowest BCUT2D eigenvalue weighted by atomic mass is 9.73. The fourth-order valence-electron chi connectivity index (χ4n) is 5.56. The Hall–Kier alpha value is -1.59. The number of fused-ring (bicyclic) bond motifs is 3. The molecule has 1 atom stereocenters. The minimum atomic E-state index is -0.358. The maximum Gasteiger partial charge on any atom is 0.494 e. The van der Waals surface area contributed by atoms with E-state index in [9.17, 15) is 0 Å². The molecular formula is C28H38B2O4. The first-order chi connectivity index (χ1) is 15.8. The molecular weight excluding hydrogens is 422 g/mol. The van der Waals surface area contributed by atoms with Crippen molar-refractivity contribution in [1.29, 1.82) is 0 Å². The molecule has 2 aromatic carbocycles. The highest BCUT2D eigenvalue weighted by Gasteiger charge is 2.52. The van der Waals surface area contributed by atoms with E-state index in [1.165, 1.54) is 22.3 Å². The predicted molar refractivity (Wildman–Crippen MR) is 140 cm³/mol. The summed E-state index contributed by atoms with van der Waals surface area (Å²) in [6, 6.07) is 13.4. The van der Waals surface area contributed by atoms with Crippen molar-refractivity contribution in [2.45, 2.75) is 103 Å². The van der Waals surface area contributed by atoms with Crippen LogP contribution in [0, 0.1) is 0 Å². The van der Waals surface area contributed by atoms with Gasteiger partial charge in [-0.25, -0.2) is 0 Å². The van der Waals surface area contributed by atoms with Crippen LogP contribution in [0.2, 0.25) is 0 Å². The SMILES string of the molecule is CCCC1OB(c2ccc3c(c2)C(C)(C)c2cc(B4OC(C)(C)C(C)(C)O4)ccc2-3)OC1(C)C. The van der Waals surface area contributed by atoms with Crippen molar-refractivity contribution < 1.29 is 18.6 Å². The smallest absolute Gasteiger partial charge is 0.402 e. The molecule has 2 aromatic rings. The molecule has 0 amide bonds. The van der Waals surface area contributed by atoms with Gasteiger partial charge >= 0.3 is 14.2 Å². The van der Waals surface area contributed by atoms with Crippen LogP contribution in [0.15, 0.2) is 36.4 Å². The van der Waals surface area contributed by atoms with Gasteiger partial charge in [-0.05, 0) is 81.1 Å². The van der Waals surface area contributed by atoms with E-state index in [0.717, 1.165) is 23.8 Å². The molecule has 0 aromatic heterocycles. The Morgan fingerprint density at radius 1 is 0.706 bits per heavy atom. The molecule has 1 unspecified atom stereocenters. The second-order valence-electron chi connectivity index (χ2n) is 12.3. The Bertz CT molecular complexity index is 1110. The van der Waals surface area contributed by atoms with Crippen LogP contribution < -0.4 is 10.9 Å². The van der Waals surface area contributed by atoms with E-state index in [1.807, 2.05) is 0 Å². The van der Waals surface area contributed by atoms with E-state index < -0.39 is 0 Å². The number of hydrogen-bond donors (Lipinski definition) is 0. The molecule has 0 bridgehead atoms. The molecule has 34 heavy (non-hydrogen) atoms. The third-order valence-corrected chi connectivity index (χ3v) is 8.55. The van der Waals surface area contributed by atoms with Gasteiger partial charge in [-0.1, -0.05) is 63.6 Å². The van der Waals surface area contributed by atoms with Crippen LogP contribution in [-0.4, -0.2) is 37.1 Å². The maximum atomic E-state index is 6.38. The van der Waals surface area contributed by atoms with Gasteiger partial charge in [0, 0.05) is 5.41 Å². The fraction of sp³-hybridized carbons (Fsp3) is 0.571. The molecule has 4 nitrogen and oxygen atoms in total. The summed E-state index contributed by atoms with van der Waals surface area (Å²) in [7, 11) is -0.680. The lowest BCUT2D eigenvalue weighted by molar-refractivity contribution is 0.00578. The molecule has 180 valence electrons. The standard InChI is InChI=1S/C28H38B2O4/c1-10-11-24-26(4,5)32-29(31-24)18-12-14-20-21-15-13-19(17-23(21)25(2,3)22(20)16-18)30-33-27(6,7)28(8,9)34-30/h12-17,24H,10-11H2,1-9H3. The lowest BCUT2D eigenvalue weighted by Gasteiger charge is -2.32. The monoisotopic (exact) mass is 460 g/mol. The quantitative estimate of drug-likeness (QED) is 0.604. The molecule has 6 heteroatoms. The Morgan fingerprint density at radius 3 is 1.71 bits per heavy atom. The molecule has 0 N–H and O–H groups in total. The van der Waals surface area contributed by atoms with Crippen molar-refractivity contribution in [2.75, 3.05) is 0 Å². The highest BCUT2D eigenvalue weighted by Crippen LogP contribution is 2.48. The zero-order valence-corrected chi connectivity index (χ0v) is 22.2. The van der Waals surface area contributed by atoms with Crippen molar-refractivity contribution in [3.63, 3.8) is 0 Å². The number of rotatable bonds is 4. The molecule has 0 saturated carbocycles. The average Bonchev–Trinajstić information content (AvgIpc) is 3.26. The van der Waals surface area contributed by atoms with Gasteiger partial charge in [-0.3, -0.25) is 0 Å². The van der Waals surface area contributed by atoms with Crippen LogP contribution in [-0.2, 0) is 24.0 Å². The van der Waals surface area contributed by atoms with Gasteiger partial charge in [0.1, 0.15) is 0 Å². The van der Waals surface area contributed by atoms with Crippen molar-refractivity contribution in [3.05, 3.63) is 47.5 Å². The summed E-state index contributed by atoms with van der Waals surface area (Å²) in [5, 5.41) is 0. The Balaban J connectivity index is 1.47. The Labute approximate surface area is 206 Å². The lowest BCUT2D eigenvalue weighted by Crippen LogP contribution is -2.41. The van der Waals surface area contributed by atoms with Crippen LogP contribution in [0.1, 0.15) is 86.3 Å². The summed E-state index contributed by atoms with van der Waals surface area (Å²) in [6.45, 7) is 19.5. The molecule has 0 radical (unpaired) electrons. The van der Waals surface area contributed by atoms with Gasteiger partial charge in [0.2, 0.25) is 0 Å². The van der Waals surface area contributed by atoms with Crippen molar-refractivity contribution >= 4 is 25.2 Å². The van der Waals surface area contributed by atoms with Gasteiger partial charge in [0.05, 0.1) is 22.9 Å². The van der Waals surface area contributed by atoms with E-state index in [1.54, 1.807) is 0 Å². The topological polar surface area (TPSA) is 36.9 Å². The first kappa shape index (κ1) is 24.1. The molecule has 3 aliphatic rings. The van der Waals surface area contributed by atoms with Crippen LogP contribution in [0.3, 0.4) is 0 Å². The molecule has 2 fully saturated rings. The summed E-state index contributed by atoms with van der Waals surface area (Å²) in [5.41, 5.74) is 6.23. The van der Waals surface area contributed by atoms with Crippen LogP contribution in [0.25, 0.3) is 11.1 Å². The van der Waals surface area contributed by atoms with E-state index in [0.29, 0.717) is 0 Å². The normalized spacial score (nSPS) is 25.5. The third-order valence-electron chi connectivity index (χ3n) is 8.55. The van der Waals surface area contributed by atoms with E-state index >= 15 is 0 Å². The highest BCUT2D eigenvalue weighted by molar-refractivity contribution is 6.62. The van der Waals surface area contributed by atoms with Crippen LogP contribution >= 0.6 is 0 Å². The second kappa shape index (κ2) is 7.70. The van der Waals surface area contributed by atoms with E-state index in [4.69, 9.17) is 18.6 Å². The maximum absolute atomic E-state index is 6.38. The highest BCUT2D eigenvalue weighted by atomic mass is 16.7. The largest absolute Gasteiger partial charge is 0.494 e. The van der Waals surface area contributed by atoms with Crippen molar-refractivity contribution in [1.82, 2.24) is 0 Å². The minimum Gasteiger partial charge on any atom is -0.402 e. The fourth-order valence-corrected chi connectivity index (χ4v) is 5.56. The summed E-state index contributed by atoms with van der Waals surface area (Å²) in [6.07, 6.45) is 2.21. The van der Waals surface area contributed by atoms with Gasteiger partial charge in [-0.15, -0.1) is 0 Å².